The van der Waals surface area contributed by atoms with Crippen LogP contribution in [-0.4, -0.2) is 34.1 Å². The van der Waals surface area contributed by atoms with Crippen molar-refractivity contribution in [2.24, 2.45) is 10.7 Å². The Morgan fingerprint density at radius 1 is 1.10 bits per heavy atom. The van der Waals surface area contributed by atoms with Gasteiger partial charge in [-0.1, -0.05) is 6.07 Å². The summed E-state index contributed by atoms with van der Waals surface area (Å²) in [6.45, 7) is 2.35. The lowest BCUT2D eigenvalue weighted by atomic mass is 9.75. The number of aliphatic imine (C=N–C) groups is 1. The van der Waals surface area contributed by atoms with Gasteiger partial charge in [-0.25, -0.2) is 14.4 Å². The standard InChI is InChI=1S/C23H27FN4O2/c1-22(29-2)7-9-23(10-8-22)6-5-19(24)21(25)28-14-17-11-16(3-4-20(17)30-23)18-12-26-15-27-13-18/h3-5,11-13,15H,6-10,14H2,1-2H3,(H2,25,28)/b19-5+. The van der Waals surface area contributed by atoms with Crippen molar-refractivity contribution in [3.8, 4) is 16.9 Å². The first-order valence-corrected chi connectivity index (χ1v) is 10.2. The molecule has 2 heterocycles. The van der Waals surface area contributed by atoms with Gasteiger partial charge in [-0.2, -0.15) is 0 Å². The van der Waals surface area contributed by atoms with Gasteiger partial charge in [0.15, 0.2) is 11.7 Å². The fraction of sp³-hybridized carbons (Fsp3) is 0.435. The van der Waals surface area contributed by atoms with Crippen molar-refractivity contribution < 1.29 is 13.9 Å². The molecule has 0 amide bonds. The molecule has 1 aromatic heterocycles. The molecule has 1 saturated carbocycles. The number of halogens is 1. The maximum atomic E-state index is 14.5. The van der Waals surface area contributed by atoms with E-state index in [0.717, 1.165) is 48.1 Å². The minimum atomic E-state index is -0.501. The first-order chi connectivity index (χ1) is 14.4. The maximum absolute atomic E-state index is 14.5. The van der Waals surface area contributed by atoms with E-state index >= 15 is 0 Å². The number of methoxy groups -OCH3 is 1. The molecule has 0 bridgehead atoms. The van der Waals surface area contributed by atoms with Gasteiger partial charge in [0.25, 0.3) is 0 Å². The molecule has 2 N–H and O–H groups in total. The normalized spacial score (nSPS) is 28.6. The van der Waals surface area contributed by atoms with Crippen molar-refractivity contribution in [1.82, 2.24) is 9.97 Å². The SMILES string of the molecule is COC1(C)CCC2(C/C=C(/F)C(N)=NCc3cc(-c4cncnc4)ccc3O2)CC1. The Morgan fingerprint density at radius 2 is 1.83 bits per heavy atom. The second kappa shape index (κ2) is 8.14. The number of ether oxygens (including phenoxy) is 2. The van der Waals surface area contributed by atoms with Gasteiger partial charge in [0.1, 0.15) is 17.7 Å². The molecule has 2 aromatic rings. The lowest BCUT2D eigenvalue weighted by Crippen LogP contribution is -2.46. The Morgan fingerprint density at radius 3 is 2.53 bits per heavy atom. The van der Waals surface area contributed by atoms with E-state index in [1.54, 1.807) is 19.5 Å². The summed E-state index contributed by atoms with van der Waals surface area (Å²) in [7, 11) is 1.74. The van der Waals surface area contributed by atoms with Crippen molar-refractivity contribution in [1.29, 1.82) is 0 Å². The van der Waals surface area contributed by atoms with E-state index in [1.807, 2.05) is 18.2 Å². The number of aromatic nitrogens is 2. The first kappa shape index (κ1) is 20.5. The zero-order valence-electron chi connectivity index (χ0n) is 17.4. The molecule has 0 saturated heterocycles. The van der Waals surface area contributed by atoms with Gasteiger partial charge in [0.05, 0.1) is 12.1 Å². The summed E-state index contributed by atoms with van der Waals surface area (Å²) in [5.41, 5.74) is 7.90. The zero-order valence-corrected chi connectivity index (χ0v) is 17.4. The number of rotatable bonds is 2. The third kappa shape index (κ3) is 4.21. The molecule has 158 valence electrons. The van der Waals surface area contributed by atoms with Gasteiger partial charge in [0, 0.05) is 37.1 Å². The van der Waals surface area contributed by atoms with Crippen LogP contribution >= 0.6 is 0 Å². The smallest absolute Gasteiger partial charge is 0.161 e. The first-order valence-electron chi connectivity index (χ1n) is 10.2. The topological polar surface area (TPSA) is 82.6 Å². The van der Waals surface area contributed by atoms with Crippen LogP contribution in [0, 0.1) is 0 Å². The molecule has 0 atom stereocenters. The van der Waals surface area contributed by atoms with E-state index in [0.29, 0.717) is 6.42 Å². The summed E-state index contributed by atoms with van der Waals surface area (Å²) >= 11 is 0. The molecule has 1 fully saturated rings. The van der Waals surface area contributed by atoms with Crippen LogP contribution in [0.25, 0.3) is 11.1 Å². The predicted molar refractivity (Wildman–Crippen MR) is 114 cm³/mol. The van der Waals surface area contributed by atoms with E-state index in [2.05, 4.69) is 21.9 Å². The van der Waals surface area contributed by atoms with Crippen molar-refractivity contribution in [3.63, 3.8) is 0 Å². The molecule has 0 radical (unpaired) electrons. The molecular formula is C23H27FN4O2. The molecule has 1 spiro atoms. The number of benzene rings is 1. The zero-order chi connectivity index (χ0) is 21.2. The number of nitrogens with zero attached hydrogens (tertiary/aromatic N) is 3. The highest BCUT2D eigenvalue weighted by Crippen LogP contribution is 2.43. The molecule has 30 heavy (non-hydrogen) atoms. The average Bonchev–Trinajstić information content (AvgIpc) is 2.79. The van der Waals surface area contributed by atoms with Gasteiger partial charge in [-0.15, -0.1) is 0 Å². The number of fused-ring (bicyclic) bond motifs is 1. The second-order valence-electron chi connectivity index (χ2n) is 8.35. The van der Waals surface area contributed by atoms with Gasteiger partial charge in [-0.3, -0.25) is 4.99 Å². The predicted octanol–water partition coefficient (Wildman–Crippen LogP) is 4.35. The molecule has 0 unspecified atom stereocenters. The Balaban J connectivity index is 1.72. The Bertz CT molecular complexity index is 966. The minimum Gasteiger partial charge on any atom is -0.487 e. The van der Waals surface area contributed by atoms with E-state index in [1.165, 1.54) is 12.4 Å². The molecular weight excluding hydrogens is 383 g/mol. The summed E-state index contributed by atoms with van der Waals surface area (Å²) in [5.74, 6) is 0.182. The van der Waals surface area contributed by atoms with Crippen molar-refractivity contribution in [2.75, 3.05) is 7.11 Å². The van der Waals surface area contributed by atoms with Crippen LogP contribution in [0.5, 0.6) is 5.75 Å². The highest BCUT2D eigenvalue weighted by Gasteiger charge is 2.42. The lowest BCUT2D eigenvalue weighted by molar-refractivity contribution is -0.0792. The van der Waals surface area contributed by atoms with Gasteiger partial charge in [-0.05, 0) is 56.4 Å². The number of hydrogen-bond acceptors (Lipinski definition) is 6. The molecule has 6 nitrogen and oxygen atoms in total. The minimum absolute atomic E-state index is 0.0796. The van der Waals surface area contributed by atoms with E-state index < -0.39 is 11.4 Å². The quantitative estimate of drug-likeness (QED) is 0.796. The third-order valence-electron chi connectivity index (χ3n) is 6.31. The van der Waals surface area contributed by atoms with Crippen molar-refractivity contribution in [3.05, 3.63) is 54.4 Å². The molecule has 2 aliphatic rings. The number of hydrogen-bond donors (Lipinski definition) is 1. The lowest BCUT2D eigenvalue weighted by Gasteiger charge is -2.44. The molecule has 1 aliphatic carbocycles. The summed E-state index contributed by atoms with van der Waals surface area (Å²) < 4.78 is 26.8. The van der Waals surface area contributed by atoms with Gasteiger partial charge in [0.2, 0.25) is 0 Å². The summed E-state index contributed by atoms with van der Waals surface area (Å²) in [6.07, 6.45) is 10.2. The van der Waals surface area contributed by atoms with Crippen LogP contribution < -0.4 is 10.5 Å². The van der Waals surface area contributed by atoms with E-state index in [9.17, 15) is 4.39 Å². The van der Waals surface area contributed by atoms with Crippen LogP contribution in [0.15, 0.2) is 53.8 Å². The van der Waals surface area contributed by atoms with Gasteiger partial charge < -0.3 is 15.2 Å². The van der Waals surface area contributed by atoms with Crippen LogP contribution in [-0.2, 0) is 11.3 Å². The molecule has 7 heteroatoms. The van der Waals surface area contributed by atoms with Crippen LogP contribution in [0.3, 0.4) is 0 Å². The molecule has 1 aromatic carbocycles. The van der Waals surface area contributed by atoms with Crippen LogP contribution in [0.2, 0.25) is 0 Å². The highest BCUT2D eigenvalue weighted by atomic mass is 19.1. The maximum Gasteiger partial charge on any atom is 0.161 e. The van der Waals surface area contributed by atoms with E-state index in [-0.39, 0.29) is 18.0 Å². The Labute approximate surface area is 176 Å². The monoisotopic (exact) mass is 410 g/mol. The summed E-state index contributed by atoms with van der Waals surface area (Å²) in [5, 5.41) is 0. The Kier molecular flexibility index (Phi) is 5.56. The highest BCUT2D eigenvalue weighted by molar-refractivity contribution is 5.94. The third-order valence-corrected chi connectivity index (χ3v) is 6.31. The second-order valence-corrected chi connectivity index (χ2v) is 8.35. The fourth-order valence-electron chi connectivity index (χ4n) is 4.08. The molecule has 4 rings (SSSR count). The van der Waals surface area contributed by atoms with Crippen molar-refractivity contribution in [2.45, 2.75) is 56.8 Å². The van der Waals surface area contributed by atoms with Crippen molar-refractivity contribution >= 4 is 5.84 Å². The fourth-order valence-corrected chi connectivity index (χ4v) is 4.08. The van der Waals surface area contributed by atoms with Gasteiger partial charge >= 0.3 is 0 Å². The molecule has 1 aliphatic heterocycles. The van der Waals surface area contributed by atoms with Crippen LogP contribution in [0.4, 0.5) is 4.39 Å². The summed E-state index contributed by atoms with van der Waals surface area (Å²) in [4.78, 5) is 12.4. The largest absolute Gasteiger partial charge is 0.487 e. The number of nitrogens with two attached hydrogens (primary N) is 1. The van der Waals surface area contributed by atoms with E-state index in [4.69, 9.17) is 15.2 Å². The Hall–Kier alpha value is -2.80. The summed E-state index contributed by atoms with van der Waals surface area (Å²) in [6, 6.07) is 5.93. The van der Waals surface area contributed by atoms with Crippen LogP contribution in [0.1, 0.15) is 44.6 Å². The average molecular weight is 410 g/mol. The number of amidine groups is 1.